The van der Waals surface area contributed by atoms with Crippen LogP contribution in [-0.4, -0.2) is 42.7 Å². The van der Waals surface area contributed by atoms with Crippen molar-refractivity contribution < 1.29 is 13.9 Å². The van der Waals surface area contributed by atoms with E-state index in [1.807, 2.05) is 0 Å². The molecule has 1 heterocycles. The third-order valence-corrected chi connectivity index (χ3v) is 2.02. The molecule has 0 bridgehead atoms. The molecule has 0 amide bonds. The zero-order valence-corrected chi connectivity index (χ0v) is 6.34. The van der Waals surface area contributed by atoms with Crippen molar-refractivity contribution in [3.63, 3.8) is 0 Å². The number of hydrogen-bond donors (Lipinski definition) is 1. The van der Waals surface area contributed by atoms with Crippen LogP contribution in [-0.2, 0) is 0 Å². The number of nitrogens with zero attached hydrogens (tertiary/aromatic N) is 1. The van der Waals surface area contributed by atoms with E-state index in [0.29, 0.717) is 13.1 Å². The predicted molar refractivity (Wildman–Crippen MR) is 37.6 cm³/mol. The van der Waals surface area contributed by atoms with Crippen LogP contribution in [0.5, 0.6) is 0 Å². The van der Waals surface area contributed by atoms with Crippen molar-refractivity contribution in [3.8, 4) is 0 Å². The second-order valence-corrected chi connectivity index (χ2v) is 2.99. The van der Waals surface area contributed by atoms with Crippen molar-refractivity contribution in [1.29, 1.82) is 0 Å². The minimum Gasteiger partial charge on any atom is -0.396 e. The lowest BCUT2D eigenvalue weighted by atomic mass is 10.1. The van der Waals surface area contributed by atoms with Gasteiger partial charge in [0.1, 0.15) is 0 Å². The highest BCUT2D eigenvalue weighted by molar-refractivity contribution is 4.74. The number of halogens is 2. The van der Waals surface area contributed by atoms with Gasteiger partial charge in [-0.25, -0.2) is 8.78 Å². The summed E-state index contributed by atoms with van der Waals surface area (Å²) in [5.41, 5.74) is 0. The molecule has 0 aliphatic carbocycles. The lowest BCUT2D eigenvalue weighted by Crippen LogP contribution is -2.26. The van der Waals surface area contributed by atoms with Gasteiger partial charge in [0.2, 0.25) is 0 Å². The summed E-state index contributed by atoms with van der Waals surface area (Å²) in [5, 5.41) is 8.70. The molecule has 0 radical (unpaired) electrons. The monoisotopic (exact) mass is 165 g/mol. The normalized spacial score (nSPS) is 26.7. The molecule has 1 fully saturated rings. The van der Waals surface area contributed by atoms with Crippen LogP contribution in [0.2, 0.25) is 0 Å². The van der Waals surface area contributed by atoms with Gasteiger partial charge in [0, 0.05) is 13.2 Å². The maximum absolute atomic E-state index is 11.8. The molecular weight excluding hydrogens is 152 g/mol. The van der Waals surface area contributed by atoms with Crippen LogP contribution in [0.15, 0.2) is 0 Å². The van der Waals surface area contributed by atoms with Crippen molar-refractivity contribution in [2.75, 3.05) is 26.2 Å². The highest BCUT2D eigenvalue weighted by atomic mass is 19.3. The van der Waals surface area contributed by atoms with Gasteiger partial charge in [-0.1, -0.05) is 0 Å². The summed E-state index contributed by atoms with van der Waals surface area (Å²) in [6.45, 7) is 1.31. The van der Waals surface area contributed by atoms with Crippen LogP contribution in [0.1, 0.15) is 6.42 Å². The van der Waals surface area contributed by atoms with Crippen LogP contribution in [0, 0.1) is 5.92 Å². The summed E-state index contributed by atoms with van der Waals surface area (Å²) >= 11 is 0. The fourth-order valence-electron chi connectivity index (χ4n) is 1.42. The first kappa shape index (κ1) is 8.87. The van der Waals surface area contributed by atoms with Crippen LogP contribution in [0.3, 0.4) is 0 Å². The molecule has 1 aliphatic rings. The Bertz CT molecular complexity index is 121. The van der Waals surface area contributed by atoms with Gasteiger partial charge in [-0.15, -0.1) is 0 Å². The third-order valence-electron chi connectivity index (χ3n) is 2.02. The van der Waals surface area contributed by atoms with Crippen molar-refractivity contribution in [2.45, 2.75) is 12.8 Å². The topological polar surface area (TPSA) is 23.5 Å². The van der Waals surface area contributed by atoms with Gasteiger partial charge in [0.15, 0.2) is 0 Å². The number of hydrogen-bond acceptors (Lipinski definition) is 2. The average Bonchev–Trinajstić information content (AvgIpc) is 2.34. The van der Waals surface area contributed by atoms with Crippen LogP contribution >= 0.6 is 0 Å². The lowest BCUT2D eigenvalue weighted by molar-refractivity contribution is 0.0957. The molecule has 0 aromatic heterocycles. The zero-order valence-electron chi connectivity index (χ0n) is 6.34. The molecule has 11 heavy (non-hydrogen) atoms. The smallest absolute Gasteiger partial charge is 0.251 e. The van der Waals surface area contributed by atoms with Gasteiger partial charge < -0.3 is 5.11 Å². The Morgan fingerprint density at radius 1 is 1.55 bits per heavy atom. The molecule has 1 aliphatic heterocycles. The van der Waals surface area contributed by atoms with Gasteiger partial charge in [0.05, 0.1) is 6.54 Å². The summed E-state index contributed by atoms with van der Waals surface area (Å²) in [6, 6.07) is 0. The molecule has 0 spiro atoms. The first-order chi connectivity index (χ1) is 5.22. The molecular formula is C7H13F2NO. The highest BCUT2D eigenvalue weighted by Gasteiger charge is 2.23. The Labute approximate surface area is 64.8 Å². The van der Waals surface area contributed by atoms with Crippen molar-refractivity contribution in [3.05, 3.63) is 0 Å². The molecule has 0 aromatic rings. The van der Waals surface area contributed by atoms with E-state index in [-0.39, 0.29) is 19.1 Å². The number of aliphatic hydroxyl groups excluding tert-OH is 1. The van der Waals surface area contributed by atoms with E-state index in [4.69, 9.17) is 5.11 Å². The fourth-order valence-corrected chi connectivity index (χ4v) is 1.42. The Kier molecular flexibility index (Phi) is 3.20. The fraction of sp³-hybridized carbons (Fsp3) is 1.00. The molecule has 1 atom stereocenters. The Hall–Kier alpha value is -0.220. The summed E-state index contributed by atoms with van der Waals surface area (Å²) in [5.74, 6) is 0.216. The van der Waals surface area contributed by atoms with Crippen LogP contribution < -0.4 is 0 Å². The molecule has 1 N–H and O–H groups in total. The van der Waals surface area contributed by atoms with Crippen molar-refractivity contribution in [1.82, 2.24) is 4.90 Å². The maximum atomic E-state index is 11.8. The van der Waals surface area contributed by atoms with Crippen LogP contribution in [0.4, 0.5) is 8.78 Å². The molecule has 0 aromatic carbocycles. The largest absolute Gasteiger partial charge is 0.396 e. The first-order valence-corrected chi connectivity index (χ1v) is 3.83. The predicted octanol–water partition coefficient (Wildman–Crippen LogP) is 0.566. The van der Waals surface area contributed by atoms with Crippen molar-refractivity contribution >= 4 is 0 Å². The molecule has 0 unspecified atom stereocenters. The molecule has 0 saturated carbocycles. The summed E-state index contributed by atoms with van der Waals surface area (Å²) in [6.07, 6.45) is -1.39. The van der Waals surface area contributed by atoms with Crippen LogP contribution in [0.25, 0.3) is 0 Å². The minimum atomic E-state index is -2.24. The summed E-state index contributed by atoms with van der Waals surface area (Å²) < 4.78 is 23.6. The molecule has 1 saturated heterocycles. The van der Waals surface area contributed by atoms with E-state index in [1.165, 1.54) is 0 Å². The zero-order chi connectivity index (χ0) is 8.27. The van der Waals surface area contributed by atoms with Gasteiger partial charge in [-0.3, -0.25) is 4.90 Å². The number of rotatable bonds is 3. The van der Waals surface area contributed by atoms with Gasteiger partial charge >= 0.3 is 0 Å². The Morgan fingerprint density at radius 3 is 2.73 bits per heavy atom. The van der Waals surface area contributed by atoms with E-state index in [1.54, 1.807) is 4.90 Å². The summed E-state index contributed by atoms with van der Waals surface area (Å²) in [7, 11) is 0. The molecule has 2 nitrogen and oxygen atoms in total. The van der Waals surface area contributed by atoms with E-state index in [2.05, 4.69) is 0 Å². The maximum Gasteiger partial charge on any atom is 0.251 e. The van der Waals surface area contributed by atoms with E-state index >= 15 is 0 Å². The number of likely N-dealkylation sites (tertiary alicyclic amines) is 1. The molecule has 4 heteroatoms. The van der Waals surface area contributed by atoms with E-state index in [0.717, 1.165) is 6.42 Å². The quantitative estimate of drug-likeness (QED) is 0.660. The van der Waals surface area contributed by atoms with Gasteiger partial charge in [0.25, 0.3) is 6.43 Å². The lowest BCUT2D eigenvalue weighted by Gasteiger charge is -2.13. The third kappa shape index (κ3) is 2.71. The SMILES string of the molecule is OC[C@H]1CCN(CC(F)F)C1. The van der Waals surface area contributed by atoms with Crippen molar-refractivity contribution in [2.24, 2.45) is 5.92 Å². The van der Waals surface area contributed by atoms with Gasteiger partial charge in [-0.05, 0) is 18.9 Å². The summed E-state index contributed by atoms with van der Waals surface area (Å²) in [4.78, 5) is 1.70. The van der Waals surface area contributed by atoms with E-state index < -0.39 is 6.43 Å². The molecule has 66 valence electrons. The number of aliphatic hydroxyl groups is 1. The standard InChI is InChI=1S/C7H13F2NO/c8-7(9)4-10-2-1-6(3-10)5-11/h6-7,11H,1-5H2/t6-/m0/s1. The number of alkyl halides is 2. The van der Waals surface area contributed by atoms with Gasteiger partial charge in [-0.2, -0.15) is 0 Å². The Balaban J connectivity index is 2.19. The van der Waals surface area contributed by atoms with E-state index in [9.17, 15) is 8.78 Å². The first-order valence-electron chi connectivity index (χ1n) is 3.83. The average molecular weight is 165 g/mol. The second-order valence-electron chi connectivity index (χ2n) is 2.99. The Morgan fingerprint density at radius 2 is 2.27 bits per heavy atom. The highest BCUT2D eigenvalue weighted by Crippen LogP contribution is 2.15. The molecule has 1 rings (SSSR count). The second kappa shape index (κ2) is 3.97. The minimum absolute atomic E-state index is 0.125.